The third kappa shape index (κ3) is 2.87. The SMILES string of the molecule is CCC1NC(=O)CCN(c2c(C)cc(Br)cc2C)C1=O. The van der Waals surface area contributed by atoms with E-state index in [0.29, 0.717) is 19.4 Å². The first-order valence-electron chi connectivity index (χ1n) is 6.81. The van der Waals surface area contributed by atoms with E-state index in [0.717, 1.165) is 21.3 Å². The minimum Gasteiger partial charge on any atom is -0.344 e. The number of aryl methyl sites for hydroxylation is 2. The normalized spacial score (nSPS) is 19.8. The zero-order chi connectivity index (χ0) is 14.9. The van der Waals surface area contributed by atoms with Crippen LogP contribution in [0.1, 0.15) is 30.9 Å². The molecule has 2 rings (SSSR count). The van der Waals surface area contributed by atoms with Gasteiger partial charge in [0, 0.05) is 23.1 Å². The van der Waals surface area contributed by atoms with Gasteiger partial charge in [0.1, 0.15) is 6.04 Å². The highest BCUT2D eigenvalue weighted by atomic mass is 79.9. The predicted molar refractivity (Wildman–Crippen MR) is 82.8 cm³/mol. The van der Waals surface area contributed by atoms with E-state index >= 15 is 0 Å². The lowest BCUT2D eigenvalue weighted by molar-refractivity contribution is -0.125. The van der Waals surface area contributed by atoms with E-state index in [4.69, 9.17) is 0 Å². The van der Waals surface area contributed by atoms with Gasteiger partial charge in [-0.15, -0.1) is 0 Å². The number of hydrogen-bond acceptors (Lipinski definition) is 2. The Morgan fingerprint density at radius 3 is 2.45 bits per heavy atom. The Morgan fingerprint density at radius 2 is 1.90 bits per heavy atom. The number of halogens is 1. The quantitative estimate of drug-likeness (QED) is 0.901. The Kier molecular flexibility index (Phi) is 4.48. The molecule has 1 aliphatic heterocycles. The van der Waals surface area contributed by atoms with Crippen molar-refractivity contribution in [3.63, 3.8) is 0 Å². The second kappa shape index (κ2) is 5.95. The molecular formula is C15H19BrN2O2. The maximum absolute atomic E-state index is 12.6. The summed E-state index contributed by atoms with van der Waals surface area (Å²) >= 11 is 3.47. The molecule has 0 spiro atoms. The summed E-state index contributed by atoms with van der Waals surface area (Å²) in [6, 6.07) is 3.57. The van der Waals surface area contributed by atoms with Gasteiger partial charge in [-0.25, -0.2) is 0 Å². The Balaban J connectivity index is 2.45. The molecule has 108 valence electrons. The highest BCUT2D eigenvalue weighted by Gasteiger charge is 2.30. The molecule has 0 aromatic heterocycles. The first kappa shape index (κ1) is 15.0. The van der Waals surface area contributed by atoms with Crippen LogP contribution in [-0.2, 0) is 9.59 Å². The highest BCUT2D eigenvalue weighted by Crippen LogP contribution is 2.30. The first-order chi connectivity index (χ1) is 9.43. The lowest BCUT2D eigenvalue weighted by Gasteiger charge is -2.27. The Morgan fingerprint density at radius 1 is 1.30 bits per heavy atom. The Labute approximate surface area is 127 Å². The molecule has 1 heterocycles. The van der Waals surface area contributed by atoms with Crippen LogP contribution in [0.3, 0.4) is 0 Å². The van der Waals surface area contributed by atoms with Gasteiger partial charge in [0.05, 0.1) is 0 Å². The summed E-state index contributed by atoms with van der Waals surface area (Å²) in [5.74, 6) is -0.0769. The van der Waals surface area contributed by atoms with Crippen LogP contribution in [0.4, 0.5) is 5.69 Å². The van der Waals surface area contributed by atoms with Crippen LogP contribution < -0.4 is 10.2 Å². The summed E-state index contributed by atoms with van der Waals surface area (Å²) < 4.78 is 1.000. The minimum atomic E-state index is -0.424. The molecule has 1 aliphatic rings. The fourth-order valence-electron chi connectivity index (χ4n) is 2.67. The molecule has 1 fully saturated rings. The van der Waals surface area contributed by atoms with Gasteiger partial charge < -0.3 is 10.2 Å². The molecule has 1 saturated heterocycles. The van der Waals surface area contributed by atoms with Crippen molar-refractivity contribution < 1.29 is 9.59 Å². The average molecular weight is 339 g/mol. The number of benzene rings is 1. The summed E-state index contributed by atoms with van der Waals surface area (Å²) in [7, 11) is 0. The number of anilines is 1. The molecule has 0 saturated carbocycles. The van der Waals surface area contributed by atoms with Crippen LogP contribution in [0.15, 0.2) is 16.6 Å². The second-order valence-electron chi connectivity index (χ2n) is 5.16. The van der Waals surface area contributed by atoms with Crippen LogP contribution in [0.25, 0.3) is 0 Å². The monoisotopic (exact) mass is 338 g/mol. The van der Waals surface area contributed by atoms with E-state index in [-0.39, 0.29) is 11.8 Å². The van der Waals surface area contributed by atoms with E-state index in [1.165, 1.54) is 0 Å². The molecular weight excluding hydrogens is 320 g/mol. The number of nitrogens with one attached hydrogen (secondary N) is 1. The van der Waals surface area contributed by atoms with Crippen LogP contribution in [0, 0.1) is 13.8 Å². The standard InChI is InChI=1S/C15H19BrN2O2/c1-4-12-15(20)18(6-5-13(19)17-12)14-9(2)7-11(16)8-10(14)3/h7-8,12H,4-6H2,1-3H3,(H,17,19). The highest BCUT2D eigenvalue weighted by molar-refractivity contribution is 9.10. The van der Waals surface area contributed by atoms with E-state index in [9.17, 15) is 9.59 Å². The number of hydrogen-bond donors (Lipinski definition) is 1. The number of amides is 2. The van der Waals surface area contributed by atoms with Crippen molar-refractivity contribution >= 4 is 33.4 Å². The van der Waals surface area contributed by atoms with E-state index < -0.39 is 6.04 Å². The van der Waals surface area contributed by atoms with E-state index in [1.54, 1.807) is 4.90 Å². The van der Waals surface area contributed by atoms with Crippen LogP contribution >= 0.6 is 15.9 Å². The van der Waals surface area contributed by atoms with Crippen molar-refractivity contribution in [3.8, 4) is 0 Å². The van der Waals surface area contributed by atoms with Crippen LogP contribution in [0.5, 0.6) is 0 Å². The molecule has 4 nitrogen and oxygen atoms in total. The summed E-state index contributed by atoms with van der Waals surface area (Å²) in [6.45, 7) is 6.32. The fraction of sp³-hybridized carbons (Fsp3) is 0.467. The number of carbonyl (C=O) groups is 2. The first-order valence-corrected chi connectivity index (χ1v) is 7.60. The number of rotatable bonds is 2. The summed E-state index contributed by atoms with van der Waals surface area (Å²) in [5.41, 5.74) is 3.00. The van der Waals surface area contributed by atoms with Crippen molar-refractivity contribution in [1.82, 2.24) is 5.32 Å². The van der Waals surface area contributed by atoms with E-state index in [1.807, 2.05) is 32.9 Å². The largest absolute Gasteiger partial charge is 0.344 e. The van der Waals surface area contributed by atoms with Gasteiger partial charge in [-0.3, -0.25) is 9.59 Å². The van der Waals surface area contributed by atoms with Gasteiger partial charge in [-0.1, -0.05) is 22.9 Å². The molecule has 1 unspecified atom stereocenters. The predicted octanol–water partition coefficient (Wildman–Crippen LogP) is 2.70. The summed E-state index contributed by atoms with van der Waals surface area (Å²) in [6.07, 6.45) is 0.951. The molecule has 0 radical (unpaired) electrons. The smallest absolute Gasteiger partial charge is 0.249 e. The van der Waals surface area contributed by atoms with E-state index in [2.05, 4.69) is 21.2 Å². The van der Waals surface area contributed by atoms with Gasteiger partial charge in [-0.2, -0.15) is 0 Å². The zero-order valence-corrected chi connectivity index (χ0v) is 13.6. The lowest BCUT2D eigenvalue weighted by Crippen LogP contribution is -2.44. The fourth-order valence-corrected chi connectivity index (χ4v) is 3.35. The van der Waals surface area contributed by atoms with Gasteiger partial charge in [-0.05, 0) is 43.5 Å². The summed E-state index contributed by atoms with van der Waals surface area (Å²) in [5, 5.41) is 2.79. The van der Waals surface area contributed by atoms with Gasteiger partial charge >= 0.3 is 0 Å². The molecule has 2 amide bonds. The molecule has 5 heteroatoms. The van der Waals surface area contributed by atoms with Crippen LogP contribution in [0.2, 0.25) is 0 Å². The molecule has 1 aromatic carbocycles. The third-order valence-electron chi connectivity index (χ3n) is 3.60. The minimum absolute atomic E-state index is 0.0214. The van der Waals surface area contributed by atoms with Gasteiger partial charge in [0.15, 0.2) is 0 Å². The third-order valence-corrected chi connectivity index (χ3v) is 4.05. The number of carbonyl (C=O) groups excluding carboxylic acids is 2. The number of nitrogens with zero attached hydrogens (tertiary/aromatic N) is 1. The lowest BCUT2D eigenvalue weighted by atomic mass is 10.1. The zero-order valence-electron chi connectivity index (χ0n) is 12.0. The van der Waals surface area contributed by atoms with Crippen molar-refractivity contribution in [2.45, 2.75) is 39.7 Å². The second-order valence-corrected chi connectivity index (χ2v) is 6.07. The molecule has 1 N–H and O–H groups in total. The molecule has 0 aliphatic carbocycles. The molecule has 1 aromatic rings. The van der Waals surface area contributed by atoms with Gasteiger partial charge in [0.2, 0.25) is 11.8 Å². The average Bonchev–Trinajstić information content (AvgIpc) is 2.50. The van der Waals surface area contributed by atoms with Crippen molar-refractivity contribution in [1.29, 1.82) is 0 Å². The van der Waals surface area contributed by atoms with Crippen molar-refractivity contribution in [3.05, 3.63) is 27.7 Å². The maximum Gasteiger partial charge on any atom is 0.249 e. The van der Waals surface area contributed by atoms with Gasteiger partial charge in [0.25, 0.3) is 0 Å². The summed E-state index contributed by atoms with van der Waals surface area (Å²) in [4.78, 5) is 26.1. The Bertz CT molecular complexity index is 534. The molecule has 0 bridgehead atoms. The Hall–Kier alpha value is -1.36. The molecule has 1 atom stereocenters. The topological polar surface area (TPSA) is 49.4 Å². The van der Waals surface area contributed by atoms with Crippen molar-refractivity contribution in [2.75, 3.05) is 11.4 Å². The maximum atomic E-state index is 12.6. The van der Waals surface area contributed by atoms with Crippen molar-refractivity contribution in [2.24, 2.45) is 0 Å². The van der Waals surface area contributed by atoms with Crippen LogP contribution in [-0.4, -0.2) is 24.4 Å². The molecule has 20 heavy (non-hydrogen) atoms.